The number of rotatable bonds is 5. The van der Waals surface area contributed by atoms with Crippen molar-refractivity contribution in [1.82, 2.24) is 25.3 Å². The van der Waals surface area contributed by atoms with Crippen LogP contribution in [-0.2, 0) is 16.6 Å². The molecule has 0 amide bonds. The van der Waals surface area contributed by atoms with E-state index in [1.165, 1.54) is 6.07 Å². The van der Waals surface area contributed by atoms with E-state index in [1.807, 2.05) is 0 Å². The van der Waals surface area contributed by atoms with E-state index in [0.29, 0.717) is 5.69 Å². The number of nitrogens with zero attached hydrogens (tertiary/aromatic N) is 3. The fourth-order valence-corrected chi connectivity index (χ4v) is 2.59. The van der Waals surface area contributed by atoms with Crippen molar-refractivity contribution in [1.29, 1.82) is 0 Å². The molecule has 0 atom stereocenters. The standard InChI is InChI=1S/C9H12N6O2S/c1-10-7-4-2-3-5-8(7)18(16,17)11-6-9-12-14-15-13-9/h2-5,10-11H,6H2,1H3,(H,12,13,14,15). The van der Waals surface area contributed by atoms with Gasteiger partial charge in [0.15, 0.2) is 5.82 Å². The SMILES string of the molecule is CNc1ccccc1S(=O)(=O)NCc1nn[nH]n1. The quantitative estimate of drug-likeness (QED) is 0.687. The van der Waals surface area contributed by atoms with Gasteiger partial charge in [-0.2, -0.15) is 5.21 Å². The number of tetrazole rings is 1. The lowest BCUT2D eigenvalue weighted by molar-refractivity contribution is 0.579. The number of hydrogen-bond donors (Lipinski definition) is 3. The van der Waals surface area contributed by atoms with Crippen LogP contribution in [0.3, 0.4) is 0 Å². The average Bonchev–Trinajstić information content (AvgIpc) is 2.89. The summed E-state index contributed by atoms with van der Waals surface area (Å²) in [4.78, 5) is 0.177. The Balaban J connectivity index is 2.20. The summed E-state index contributed by atoms with van der Waals surface area (Å²) in [5.41, 5.74) is 0.526. The molecule has 0 radical (unpaired) electrons. The van der Waals surface area contributed by atoms with E-state index in [9.17, 15) is 8.42 Å². The maximum Gasteiger partial charge on any atom is 0.243 e. The smallest absolute Gasteiger partial charge is 0.243 e. The predicted octanol–water partition coefficient (Wildman–Crippen LogP) is -0.280. The van der Waals surface area contributed by atoms with Crippen molar-refractivity contribution in [3.05, 3.63) is 30.1 Å². The molecule has 0 fully saturated rings. The molecule has 0 saturated carbocycles. The van der Waals surface area contributed by atoms with Crippen molar-refractivity contribution in [2.24, 2.45) is 0 Å². The van der Waals surface area contributed by atoms with Gasteiger partial charge in [-0.05, 0) is 12.1 Å². The minimum Gasteiger partial charge on any atom is -0.387 e. The molecule has 18 heavy (non-hydrogen) atoms. The van der Waals surface area contributed by atoms with Gasteiger partial charge < -0.3 is 5.32 Å². The molecule has 0 unspecified atom stereocenters. The molecule has 1 aromatic heterocycles. The number of nitrogens with one attached hydrogen (secondary N) is 3. The van der Waals surface area contributed by atoms with Gasteiger partial charge in [0, 0.05) is 7.05 Å². The predicted molar refractivity (Wildman–Crippen MR) is 64.2 cm³/mol. The summed E-state index contributed by atoms with van der Waals surface area (Å²) in [7, 11) is -1.95. The molecule has 0 spiro atoms. The van der Waals surface area contributed by atoms with Gasteiger partial charge in [-0.15, -0.1) is 10.2 Å². The average molecular weight is 268 g/mol. The normalized spacial score (nSPS) is 11.4. The molecule has 0 aliphatic carbocycles. The van der Waals surface area contributed by atoms with Gasteiger partial charge >= 0.3 is 0 Å². The first kappa shape index (κ1) is 12.5. The Morgan fingerprint density at radius 2 is 2.11 bits per heavy atom. The van der Waals surface area contributed by atoms with Gasteiger partial charge in [0.2, 0.25) is 10.0 Å². The Morgan fingerprint density at radius 3 is 2.78 bits per heavy atom. The molecule has 8 nitrogen and oxygen atoms in total. The van der Waals surface area contributed by atoms with Crippen LogP contribution in [0.25, 0.3) is 0 Å². The van der Waals surface area contributed by atoms with Crippen molar-refractivity contribution in [3.8, 4) is 0 Å². The molecule has 96 valence electrons. The van der Waals surface area contributed by atoms with Gasteiger partial charge in [-0.3, -0.25) is 0 Å². The number of anilines is 1. The second-order valence-electron chi connectivity index (χ2n) is 3.40. The molecule has 1 heterocycles. The summed E-state index contributed by atoms with van der Waals surface area (Å²) in [6.07, 6.45) is 0. The topological polar surface area (TPSA) is 113 Å². The molecule has 0 aliphatic rings. The maximum absolute atomic E-state index is 12.1. The highest BCUT2D eigenvalue weighted by Gasteiger charge is 2.17. The van der Waals surface area contributed by atoms with Crippen LogP contribution in [0.1, 0.15) is 5.82 Å². The van der Waals surface area contributed by atoms with Gasteiger partial charge in [-0.25, -0.2) is 13.1 Å². The number of sulfonamides is 1. The second kappa shape index (κ2) is 5.10. The van der Waals surface area contributed by atoms with E-state index < -0.39 is 10.0 Å². The number of aromatic nitrogens is 4. The lowest BCUT2D eigenvalue weighted by Gasteiger charge is -2.09. The third-order valence-corrected chi connectivity index (χ3v) is 3.71. The Morgan fingerprint density at radius 1 is 1.33 bits per heavy atom. The Kier molecular flexibility index (Phi) is 3.53. The zero-order chi connectivity index (χ0) is 13.0. The monoisotopic (exact) mass is 268 g/mol. The summed E-state index contributed by atoms with van der Waals surface area (Å²) < 4.78 is 26.5. The molecular weight excluding hydrogens is 256 g/mol. The highest BCUT2D eigenvalue weighted by Crippen LogP contribution is 2.19. The zero-order valence-electron chi connectivity index (χ0n) is 9.58. The summed E-state index contributed by atoms with van der Waals surface area (Å²) in [5.74, 6) is 0.278. The molecule has 1 aromatic carbocycles. The van der Waals surface area contributed by atoms with E-state index in [1.54, 1.807) is 25.2 Å². The highest BCUT2D eigenvalue weighted by atomic mass is 32.2. The largest absolute Gasteiger partial charge is 0.387 e. The number of H-pyrrole nitrogens is 1. The van der Waals surface area contributed by atoms with Crippen LogP contribution >= 0.6 is 0 Å². The van der Waals surface area contributed by atoms with Crippen LogP contribution in [-0.4, -0.2) is 36.1 Å². The first-order valence-electron chi connectivity index (χ1n) is 5.12. The van der Waals surface area contributed by atoms with Crippen LogP contribution in [0.15, 0.2) is 29.2 Å². The lowest BCUT2D eigenvalue weighted by atomic mass is 10.3. The van der Waals surface area contributed by atoms with E-state index in [4.69, 9.17) is 0 Å². The molecule has 9 heteroatoms. The van der Waals surface area contributed by atoms with Gasteiger partial charge in [0.05, 0.1) is 12.2 Å². The van der Waals surface area contributed by atoms with Crippen LogP contribution < -0.4 is 10.0 Å². The van der Waals surface area contributed by atoms with Crippen LogP contribution in [0, 0.1) is 0 Å². The third-order valence-electron chi connectivity index (χ3n) is 2.26. The van der Waals surface area contributed by atoms with E-state index in [-0.39, 0.29) is 17.3 Å². The zero-order valence-corrected chi connectivity index (χ0v) is 10.4. The summed E-state index contributed by atoms with van der Waals surface area (Å²) in [5, 5.41) is 15.8. The summed E-state index contributed by atoms with van der Waals surface area (Å²) in [6, 6.07) is 6.61. The molecule has 2 rings (SSSR count). The van der Waals surface area contributed by atoms with Gasteiger partial charge in [0.25, 0.3) is 0 Å². The van der Waals surface area contributed by atoms with Crippen LogP contribution in [0.5, 0.6) is 0 Å². The van der Waals surface area contributed by atoms with Crippen molar-refractivity contribution < 1.29 is 8.42 Å². The lowest BCUT2D eigenvalue weighted by Crippen LogP contribution is -2.24. The first-order chi connectivity index (χ1) is 8.63. The maximum atomic E-state index is 12.1. The highest BCUT2D eigenvalue weighted by molar-refractivity contribution is 7.89. The fraction of sp³-hybridized carbons (Fsp3) is 0.222. The molecule has 3 N–H and O–H groups in total. The number of aromatic amines is 1. The van der Waals surface area contributed by atoms with Crippen molar-refractivity contribution in [2.45, 2.75) is 11.4 Å². The van der Waals surface area contributed by atoms with Gasteiger partial charge in [-0.1, -0.05) is 17.3 Å². The summed E-state index contributed by atoms with van der Waals surface area (Å²) in [6.45, 7) is -0.0170. The Hall–Kier alpha value is -2.00. The van der Waals surface area contributed by atoms with E-state index >= 15 is 0 Å². The Bertz CT molecular complexity index is 610. The first-order valence-corrected chi connectivity index (χ1v) is 6.60. The van der Waals surface area contributed by atoms with E-state index in [0.717, 1.165) is 0 Å². The summed E-state index contributed by atoms with van der Waals surface area (Å²) >= 11 is 0. The molecule has 0 saturated heterocycles. The fourth-order valence-electron chi connectivity index (χ4n) is 1.40. The molecule has 0 bridgehead atoms. The van der Waals surface area contributed by atoms with Crippen LogP contribution in [0.2, 0.25) is 0 Å². The molecule has 2 aromatic rings. The van der Waals surface area contributed by atoms with Gasteiger partial charge in [0.1, 0.15) is 4.90 Å². The number of benzene rings is 1. The molecular formula is C9H12N6O2S. The van der Waals surface area contributed by atoms with E-state index in [2.05, 4.69) is 30.7 Å². The van der Waals surface area contributed by atoms with Crippen molar-refractivity contribution >= 4 is 15.7 Å². The number of hydrogen-bond acceptors (Lipinski definition) is 6. The second-order valence-corrected chi connectivity index (χ2v) is 5.13. The van der Waals surface area contributed by atoms with Crippen molar-refractivity contribution in [3.63, 3.8) is 0 Å². The Labute approximate surface area is 104 Å². The minimum absolute atomic E-state index is 0.0170. The molecule has 0 aliphatic heterocycles. The number of para-hydroxylation sites is 1. The minimum atomic E-state index is -3.61. The van der Waals surface area contributed by atoms with Crippen molar-refractivity contribution in [2.75, 3.05) is 12.4 Å². The van der Waals surface area contributed by atoms with Crippen LogP contribution in [0.4, 0.5) is 5.69 Å². The third kappa shape index (κ3) is 2.63.